The summed E-state index contributed by atoms with van der Waals surface area (Å²) in [5.41, 5.74) is 2.08. The maximum atomic E-state index is 11.4. The fraction of sp³-hybridized carbons (Fsp3) is 0.647. The molecule has 0 N–H and O–H groups in total. The molecular weight excluding hydrogens is 264 g/mol. The van der Waals surface area contributed by atoms with Gasteiger partial charge in [0.25, 0.3) is 0 Å². The first-order chi connectivity index (χ1) is 10.1. The van der Waals surface area contributed by atoms with Gasteiger partial charge in [0.2, 0.25) is 0 Å². The van der Waals surface area contributed by atoms with E-state index in [9.17, 15) is 4.79 Å². The molecule has 0 unspecified atom stereocenters. The van der Waals surface area contributed by atoms with Crippen molar-refractivity contribution in [1.29, 1.82) is 0 Å². The van der Waals surface area contributed by atoms with Gasteiger partial charge in [-0.05, 0) is 43.5 Å². The minimum atomic E-state index is -0.331. The predicted molar refractivity (Wildman–Crippen MR) is 83.1 cm³/mol. The highest BCUT2D eigenvalue weighted by Crippen LogP contribution is 2.38. The number of carbonyl (C=O) groups is 1. The van der Waals surface area contributed by atoms with Crippen molar-refractivity contribution < 1.29 is 9.53 Å². The van der Waals surface area contributed by atoms with Gasteiger partial charge in [-0.3, -0.25) is 9.88 Å². The monoisotopic (exact) mass is 290 g/mol. The Bertz CT molecular complexity index is 456. The lowest BCUT2D eigenvalue weighted by molar-refractivity contribution is 0.0600. The van der Waals surface area contributed by atoms with E-state index in [4.69, 9.17) is 0 Å². The molecule has 1 aliphatic rings. The van der Waals surface area contributed by atoms with E-state index >= 15 is 0 Å². The lowest BCUT2D eigenvalue weighted by atomic mass is 9.74. The number of methoxy groups -OCH3 is 1. The van der Waals surface area contributed by atoms with Gasteiger partial charge in [-0.1, -0.05) is 26.7 Å². The Kier molecular flexibility index (Phi) is 5.34. The molecule has 0 aromatic carbocycles. The Morgan fingerprint density at radius 1 is 1.29 bits per heavy atom. The molecule has 21 heavy (non-hydrogen) atoms. The fourth-order valence-corrected chi connectivity index (χ4v) is 3.13. The van der Waals surface area contributed by atoms with Crippen molar-refractivity contribution in [3.63, 3.8) is 0 Å². The topological polar surface area (TPSA) is 42.4 Å². The molecule has 116 valence electrons. The van der Waals surface area contributed by atoms with E-state index in [1.165, 1.54) is 32.8 Å². The van der Waals surface area contributed by atoms with Gasteiger partial charge in [0.15, 0.2) is 0 Å². The Hall–Kier alpha value is -1.42. The molecule has 0 saturated carbocycles. The van der Waals surface area contributed by atoms with Gasteiger partial charge in [-0.15, -0.1) is 0 Å². The summed E-state index contributed by atoms with van der Waals surface area (Å²) < 4.78 is 4.68. The van der Waals surface area contributed by atoms with Gasteiger partial charge >= 0.3 is 5.97 Å². The zero-order chi connectivity index (χ0) is 15.3. The highest BCUT2D eigenvalue weighted by Gasteiger charge is 2.31. The minimum Gasteiger partial charge on any atom is -0.465 e. The summed E-state index contributed by atoms with van der Waals surface area (Å²) in [5.74, 6) is -0.331. The molecule has 0 bridgehead atoms. The van der Waals surface area contributed by atoms with Gasteiger partial charge in [-0.25, -0.2) is 4.79 Å². The van der Waals surface area contributed by atoms with Gasteiger partial charge in [0.1, 0.15) is 0 Å². The Labute approximate surface area is 127 Å². The van der Waals surface area contributed by atoms with Crippen LogP contribution in [0.25, 0.3) is 0 Å². The first kappa shape index (κ1) is 16.0. The van der Waals surface area contributed by atoms with Crippen molar-refractivity contribution in [1.82, 2.24) is 9.88 Å². The zero-order valence-electron chi connectivity index (χ0n) is 13.4. The van der Waals surface area contributed by atoms with Gasteiger partial charge in [0.05, 0.1) is 18.4 Å². The Morgan fingerprint density at radius 3 is 2.43 bits per heavy atom. The van der Waals surface area contributed by atoms with Gasteiger partial charge in [-0.2, -0.15) is 0 Å². The molecule has 0 spiro atoms. The molecule has 4 heteroatoms. The SMILES string of the molecule is CCC1(CC)CCN(Cc2ccc(C(=O)OC)cn2)CC1. The molecule has 1 aromatic heterocycles. The first-order valence-electron chi connectivity index (χ1n) is 7.88. The van der Waals surface area contributed by atoms with Crippen molar-refractivity contribution in [2.45, 2.75) is 46.1 Å². The number of hydrogen-bond donors (Lipinski definition) is 0. The lowest BCUT2D eigenvalue weighted by Gasteiger charge is -2.40. The van der Waals surface area contributed by atoms with Crippen LogP contribution in [0.15, 0.2) is 18.3 Å². The van der Waals surface area contributed by atoms with Crippen molar-refractivity contribution in [3.05, 3.63) is 29.6 Å². The third-order valence-corrected chi connectivity index (χ3v) is 5.05. The van der Waals surface area contributed by atoms with Crippen LogP contribution in [-0.2, 0) is 11.3 Å². The largest absolute Gasteiger partial charge is 0.465 e. The molecule has 1 saturated heterocycles. The van der Waals surface area contributed by atoms with Gasteiger partial charge in [0, 0.05) is 12.7 Å². The molecule has 1 aromatic rings. The fourth-order valence-electron chi connectivity index (χ4n) is 3.13. The van der Waals surface area contributed by atoms with E-state index in [-0.39, 0.29) is 5.97 Å². The number of piperidine rings is 1. The third kappa shape index (κ3) is 3.82. The van der Waals surface area contributed by atoms with E-state index in [2.05, 4.69) is 28.5 Å². The predicted octanol–water partition coefficient (Wildman–Crippen LogP) is 3.27. The molecule has 1 aliphatic heterocycles. The quantitative estimate of drug-likeness (QED) is 0.781. The normalized spacial score (nSPS) is 18.4. The number of esters is 1. The van der Waals surface area contributed by atoms with Crippen LogP contribution in [0, 0.1) is 5.41 Å². The van der Waals surface area contributed by atoms with Crippen molar-refractivity contribution in [2.24, 2.45) is 5.41 Å². The third-order valence-electron chi connectivity index (χ3n) is 5.05. The number of ether oxygens (including phenoxy) is 1. The molecule has 2 heterocycles. The summed E-state index contributed by atoms with van der Waals surface area (Å²) in [5, 5.41) is 0. The smallest absolute Gasteiger partial charge is 0.339 e. The maximum Gasteiger partial charge on any atom is 0.339 e. The van der Waals surface area contributed by atoms with Crippen LogP contribution in [0.5, 0.6) is 0 Å². The van der Waals surface area contributed by atoms with Crippen molar-refractivity contribution >= 4 is 5.97 Å². The highest BCUT2D eigenvalue weighted by molar-refractivity contribution is 5.88. The van der Waals surface area contributed by atoms with Crippen LogP contribution in [0.1, 0.15) is 55.6 Å². The van der Waals surface area contributed by atoms with Crippen LogP contribution < -0.4 is 0 Å². The summed E-state index contributed by atoms with van der Waals surface area (Å²) in [6.45, 7) is 7.77. The van der Waals surface area contributed by atoms with E-state index in [0.29, 0.717) is 11.0 Å². The summed E-state index contributed by atoms with van der Waals surface area (Å²) in [6.07, 6.45) is 6.72. The number of pyridine rings is 1. The molecule has 0 amide bonds. The minimum absolute atomic E-state index is 0.331. The molecule has 0 radical (unpaired) electrons. The second-order valence-electron chi connectivity index (χ2n) is 6.01. The number of hydrogen-bond acceptors (Lipinski definition) is 4. The van der Waals surface area contributed by atoms with Crippen LogP contribution in [0.4, 0.5) is 0 Å². The van der Waals surface area contributed by atoms with E-state index < -0.39 is 0 Å². The average Bonchev–Trinajstić information content (AvgIpc) is 2.56. The van der Waals surface area contributed by atoms with Crippen LogP contribution in [-0.4, -0.2) is 36.1 Å². The number of nitrogens with zero attached hydrogens (tertiary/aromatic N) is 2. The first-order valence-corrected chi connectivity index (χ1v) is 7.88. The molecular formula is C17H26N2O2. The van der Waals surface area contributed by atoms with Crippen LogP contribution in [0.3, 0.4) is 0 Å². The number of carbonyl (C=O) groups excluding carboxylic acids is 1. The van der Waals surface area contributed by atoms with Crippen LogP contribution in [0.2, 0.25) is 0 Å². The van der Waals surface area contributed by atoms with E-state index in [1.807, 2.05) is 6.07 Å². The molecule has 2 rings (SSSR count). The van der Waals surface area contributed by atoms with Crippen molar-refractivity contribution in [3.8, 4) is 0 Å². The molecule has 0 atom stereocenters. The van der Waals surface area contributed by atoms with Gasteiger partial charge < -0.3 is 4.74 Å². The number of likely N-dealkylation sites (tertiary alicyclic amines) is 1. The average molecular weight is 290 g/mol. The lowest BCUT2D eigenvalue weighted by Crippen LogP contribution is -2.39. The van der Waals surface area contributed by atoms with E-state index in [1.54, 1.807) is 12.3 Å². The van der Waals surface area contributed by atoms with E-state index in [0.717, 1.165) is 25.3 Å². The molecule has 1 fully saturated rings. The standard InChI is InChI=1S/C17H26N2O2/c1-4-17(5-2)8-10-19(11-9-17)13-15-7-6-14(12-18-15)16(20)21-3/h6-7,12H,4-5,8-11,13H2,1-3H3. The molecule has 4 nitrogen and oxygen atoms in total. The summed E-state index contributed by atoms with van der Waals surface area (Å²) in [7, 11) is 1.39. The Balaban J connectivity index is 1.90. The number of aromatic nitrogens is 1. The van der Waals surface area contributed by atoms with Crippen LogP contribution >= 0.6 is 0 Å². The zero-order valence-corrected chi connectivity index (χ0v) is 13.4. The number of rotatable bonds is 5. The van der Waals surface area contributed by atoms with Crippen molar-refractivity contribution in [2.75, 3.05) is 20.2 Å². The maximum absolute atomic E-state index is 11.4. The highest BCUT2D eigenvalue weighted by atomic mass is 16.5. The Morgan fingerprint density at radius 2 is 1.95 bits per heavy atom. The summed E-state index contributed by atoms with van der Waals surface area (Å²) in [4.78, 5) is 18.2. The molecule has 0 aliphatic carbocycles. The second-order valence-corrected chi connectivity index (χ2v) is 6.01. The summed E-state index contributed by atoms with van der Waals surface area (Å²) >= 11 is 0. The summed E-state index contributed by atoms with van der Waals surface area (Å²) in [6, 6.07) is 3.72. The second kappa shape index (κ2) is 7.03.